The minimum Gasteiger partial charge on any atom is -0.451 e. The van der Waals surface area contributed by atoms with E-state index in [0.29, 0.717) is 11.8 Å². The smallest absolute Gasteiger partial charge is 0.397 e. The number of aromatic nitrogens is 1. The van der Waals surface area contributed by atoms with Crippen molar-refractivity contribution in [2.24, 2.45) is 4.99 Å². The van der Waals surface area contributed by atoms with E-state index in [4.69, 9.17) is 50.6 Å². The Kier molecular flexibility index (Phi) is 14.0. The van der Waals surface area contributed by atoms with Gasteiger partial charge in [-0.1, -0.05) is 23.2 Å². The van der Waals surface area contributed by atoms with Crippen molar-refractivity contribution in [3.05, 3.63) is 39.7 Å². The molecule has 6 N–H and O–H groups in total. The van der Waals surface area contributed by atoms with Crippen LogP contribution in [0.25, 0.3) is 22.6 Å². The van der Waals surface area contributed by atoms with E-state index in [2.05, 4.69) is 37.3 Å². The van der Waals surface area contributed by atoms with Crippen LogP contribution in [0.15, 0.2) is 43.5 Å². The van der Waals surface area contributed by atoms with Crippen LogP contribution < -0.4 is 20.7 Å². The number of hydrogen-bond acceptors (Lipinski definition) is 22. The molecule has 0 aromatic heterocycles. The van der Waals surface area contributed by atoms with Gasteiger partial charge in [-0.3, -0.25) is 23.2 Å². The highest BCUT2D eigenvalue weighted by Crippen LogP contribution is 2.53. The van der Waals surface area contributed by atoms with Gasteiger partial charge in [-0.2, -0.15) is 33.7 Å². The molecule has 1 aliphatic carbocycles. The van der Waals surface area contributed by atoms with Crippen LogP contribution in [0, 0.1) is 0 Å². The second-order valence-corrected chi connectivity index (χ2v) is 20.8. The van der Waals surface area contributed by atoms with Gasteiger partial charge in [-0.15, -0.1) is 0 Å². The molecule has 0 bridgehead atoms. The predicted octanol–water partition coefficient (Wildman–Crippen LogP) is 1.23. The summed E-state index contributed by atoms with van der Waals surface area (Å²) in [7, 11) is -30.4. The fourth-order valence-electron chi connectivity index (χ4n) is 5.13. The monoisotopic (exact) mass is 1010 g/mol. The Morgan fingerprint density at radius 3 is 1.90 bits per heavy atom. The van der Waals surface area contributed by atoms with E-state index in [9.17, 15) is 50.5 Å². The van der Waals surface area contributed by atoms with Gasteiger partial charge < -0.3 is 19.8 Å². The Morgan fingerprint density at radius 2 is 1.30 bits per heavy atom. The third-order valence-electron chi connectivity index (χ3n) is 7.38. The number of nitrogens with zero attached hydrogens (tertiary/aromatic N) is 2. The molecule has 0 amide bonds. The van der Waals surface area contributed by atoms with Crippen molar-refractivity contribution in [2.45, 2.75) is 9.79 Å². The predicted molar refractivity (Wildman–Crippen MR) is 203 cm³/mol. The molecule has 2 aliphatic heterocycles. The maximum Gasteiger partial charge on any atom is 0.397 e. The lowest BCUT2D eigenvalue weighted by Gasteiger charge is -2.25. The molecule has 0 radical (unpaired) electrons. The van der Waals surface area contributed by atoms with E-state index in [-0.39, 0.29) is 39.5 Å². The van der Waals surface area contributed by atoms with Crippen molar-refractivity contribution in [2.75, 3.05) is 61.7 Å². The van der Waals surface area contributed by atoms with Crippen LogP contribution in [0.1, 0.15) is 0 Å². The summed E-state index contributed by atoms with van der Waals surface area (Å²) in [6.07, 6.45) is 0. The number of ether oxygens (including phenoxy) is 1. The highest BCUT2D eigenvalue weighted by molar-refractivity contribution is 7.92. The fourth-order valence-corrected chi connectivity index (χ4v) is 9.77. The van der Waals surface area contributed by atoms with Crippen LogP contribution in [0.5, 0.6) is 11.5 Å². The van der Waals surface area contributed by atoms with Crippen molar-refractivity contribution in [3.8, 4) is 23.0 Å². The van der Waals surface area contributed by atoms with E-state index in [0.717, 1.165) is 0 Å². The van der Waals surface area contributed by atoms with E-state index < -0.39 is 143 Å². The molecule has 0 unspecified atom stereocenters. The minimum atomic E-state index is -5.24. The van der Waals surface area contributed by atoms with Gasteiger partial charge in [0.25, 0.3) is 0 Å². The standard InChI is InChI=1S/C26H26Cl2N4O22S6/c27-18-22-25(19(28)21-24(18)53-16-11-13(1-2-14(16)31-21)29-3-5-49-57(37,38)39)54-23-15(32-22)12-17(55(33,34)9-7-51-59(43,44)45)20(30-4-6-50-58(40,41)42)26(23)56(35,36)10-8-52-60(46,47)48/h1-2,11-12,29,31H,3-10H2,(H,37,38,39)(H,40,41,42)(H,43,44,45)(H,46,47,48). The second-order valence-electron chi connectivity index (χ2n) is 11.5. The molecule has 34 heteroatoms. The SMILES string of the molecule is O=S(=O)(O)OCCN=c1c(S(=O)(=O)CCOS(=O)(=O)O)cc2nc3c(Cl)c4c(c(Cl)c3oc-2c1S(=O)(=O)CCOS(=O)(=O)O)Nc1ccc(NCCOS(=O)(=O)O)cc1O4. The Morgan fingerprint density at radius 1 is 0.733 bits per heavy atom. The van der Waals surface area contributed by atoms with Crippen molar-refractivity contribution in [3.63, 3.8) is 0 Å². The number of hydrogen-bond donors (Lipinski definition) is 6. The molecule has 332 valence electrons. The molecule has 2 aromatic rings. The van der Waals surface area contributed by atoms with Gasteiger partial charge in [0.1, 0.15) is 31.8 Å². The number of halogens is 2. The van der Waals surface area contributed by atoms with Gasteiger partial charge in [0, 0.05) is 18.3 Å². The van der Waals surface area contributed by atoms with E-state index in [1.807, 2.05) is 0 Å². The zero-order valence-corrected chi connectivity index (χ0v) is 35.6. The molecular weight excluding hydrogens is 984 g/mol. The average Bonchev–Trinajstić information content (AvgIpc) is 3.10. The lowest BCUT2D eigenvalue weighted by Crippen LogP contribution is -2.30. The van der Waals surface area contributed by atoms with E-state index in [1.54, 1.807) is 0 Å². The maximum atomic E-state index is 14.0. The topological polar surface area (TPSA) is 394 Å². The van der Waals surface area contributed by atoms with Crippen LogP contribution in [0.4, 0.5) is 17.1 Å². The minimum absolute atomic E-state index is 0.0786. The molecule has 60 heavy (non-hydrogen) atoms. The summed E-state index contributed by atoms with van der Waals surface area (Å²) in [5, 5.41) is 3.96. The van der Waals surface area contributed by atoms with Gasteiger partial charge in [-0.25, -0.2) is 38.6 Å². The first-order chi connectivity index (χ1) is 27.6. The zero-order valence-electron chi connectivity index (χ0n) is 29.2. The molecule has 0 atom stereocenters. The largest absolute Gasteiger partial charge is 0.451 e. The van der Waals surface area contributed by atoms with Gasteiger partial charge >= 0.3 is 41.6 Å². The summed E-state index contributed by atoms with van der Waals surface area (Å²) in [5.74, 6) is -3.60. The zero-order chi connectivity index (χ0) is 44.6. The summed E-state index contributed by atoms with van der Waals surface area (Å²) >= 11 is 13.5. The maximum absolute atomic E-state index is 14.0. The summed E-state index contributed by atoms with van der Waals surface area (Å²) in [4.78, 5) is 5.89. The molecule has 3 aliphatic rings. The van der Waals surface area contributed by atoms with E-state index in [1.165, 1.54) is 18.2 Å². The van der Waals surface area contributed by atoms with Gasteiger partial charge in [-0.05, 0) is 18.2 Å². The quantitative estimate of drug-likeness (QED) is 0.0385. The van der Waals surface area contributed by atoms with E-state index >= 15 is 0 Å². The van der Waals surface area contributed by atoms with Crippen molar-refractivity contribution in [1.29, 1.82) is 0 Å². The molecule has 2 aromatic carbocycles. The Bertz CT molecular complexity index is 3090. The Labute approximate surface area is 349 Å². The summed E-state index contributed by atoms with van der Waals surface area (Å²) in [5.41, 5.74) is -0.983. The second kappa shape index (κ2) is 17.7. The normalized spacial score (nSPS) is 14.1. The number of nitrogens with one attached hydrogen (secondary N) is 2. The van der Waals surface area contributed by atoms with Crippen molar-refractivity contribution < 1.29 is 94.6 Å². The molecule has 0 saturated heterocycles. The number of anilines is 3. The first-order valence-corrected chi connectivity index (χ1v) is 25.2. The molecular formula is C26H26Cl2N4O22S6. The van der Waals surface area contributed by atoms with Crippen molar-refractivity contribution >= 4 is 113 Å². The van der Waals surface area contributed by atoms with Gasteiger partial charge in [0.15, 0.2) is 42.5 Å². The van der Waals surface area contributed by atoms with Crippen LogP contribution in [-0.2, 0) is 78.0 Å². The summed E-state index contributed by atoms with van der Waals surface area (Å²) in [6.45, 7) is -5.03. The molecule has 26 nitrogen and oxygen atoms in total. The molecule has 0 spiro atoms. The average molecular weight is 1010 g/mol. The highest BCUT2D eigenvalue weighted by atomic mass is 35.5. The number of rotatable bonds is 19. The van der Waals surface area contributed by atoms with Gasteiger partial charge in [0.05, 0.1) is 60.4 Å². The van der Waals surface area contributed by atoms with Crippen LogP contribution >= 0.6 is 23.2 Å². The first kappa shape index (κ1) is 47.5. The fraction of sp³-hybridized carbons (Fsp3) is 0.308. The van der Waals surface area contributed by atoms with Crippen LogP contribution in [0.2, 0.25) is 10.0 Å². The number of fused-ring (bicyclic) bond motifs is 4. The third-order valence-corrected chi connectivity index (χ3v) is 13.3. The Hall–Kier alpha value is -3.58. The summed E-state index contributed by atoms with van der Waals surface area (Å²) in [6, 6.07) is 5.11. The Balaban J connectivity index is 1.74. The number of benzene rings is 3. The molecule has 5 rings (SSSR count). The molecule has 0 fully saturated rings. The first-order valence-electron chi connectivity index (χ1n) is 15.6. The van der Waals surface area contributed by atoms with Crippen LogP contribution in [0.3, 0.4) is 0 Å². The van der Waals surface area contributed by atoms with Crippen LogP contribution in [-0.4, -0.2) is 125 Å². The lowest BCUT2D eigenvalue weighted by molar-refractivity contribution is 0.274. The summed E-state index contributed by atoms with van der Waals surface area (Å²) < 4.78 is 209. The number of sulfone groups is 2. The highest BCUT2D eigenvalue weighted by Gasteiger charge is 2.35. The molecule has 2 heterocycles. The lowest BCUT2D eigenvalue weighted by atomic mass is 10.1. The molecule has 0 saturated carbocycles. The third kappa shape index (κ3) is 12.1. The van der Waals surface area contributed by atoms with Gasteiger partial charge in [0.2, 0.25) is 0 Å². The van der Waals surface area contributed by atoms with Crippen molar-refractivity contribution in [1.82, 2.24) is 4.98 Å².